The first kappa shape index (κ1) is 19.1. The van der Waals surface area contributed by atoms with E-state index < -0.39 is 5.91 Å². The molecule has 0 unspecified atom stereocenters. The maximum absolute atomic E-state index is 12.3. The van der Waals surface area contributed by atoms with E-state index in [1.54, 1.807) is 19.1 Å². The molecule has 0 atom stereocenters. The van der Waals surface area contributed by atoms with Crippen LogP contribution in [0.5, 0.6) is 5.75 Å². The lowest BCUT2D eigenvalue weighted by atomic mass is 9.87. The van der Waals surface area contributed by atoms with E-state index in [0.717, 1.165) is 5.69 Å². The van der Waals surface area contributed by atoms with E-state index in [4.69, 9.17) is 0 Å². The number of rotatable bonds is 4. The summed E-state index contributed by atoms with van der Waals surface area (Å²) in [7, 11) is 0. The van der Waals surface area contributed by atoms with Crippen molar-refractivity contribution in [1.82, 2.24) is 0 Å². The van der Waals surface area contributed by atoms with Crippen LogP contribution in [0.1, 0.15) is 31.9 Å². The molecule has 0 radical (unpaired) electrons. The van der Waals surface area contributed by atoms with Crippen molar-refractivity contribution >= 4 is 17.3 Å². The van der Waals surface area contributed by atoms with E-state index in [2.05, 4.69) is 31.4 Å². The number of aromatic hydroxyl groups is 1. The van der Waals surface area contributed by atoms with E-state index in [9.17, 15) is 15.2 Å². The van der Waals surface area contributed by atoms with E-state index >= 15 is 0 Å². The summed E-state index contributed by atoms with van der Waals surface area (Å²) in [6.45, 7) is 8.18. The van der Waals surface area contributed by atoms with Crippen LogP contribution < -0.4 is 10.6 Å². The van der Waals surface area contributed by atoms with Crippen molar-refractivity contribution in [1.29, 1.82) is 5.26 Å². The Morgan fingerprint density at radius 3 is 2.35 bits per heavy atom. The molecule has 0 fully saturated rings. The summed E-state index contributed by atoms with van der Waals surface area (Å²) in [5, 5.41) is 24.3. The lowest BCUT2D eigenvalue weighted by molar-refractivity contribution is -0.112. The predicted molar refractivity (Wildman–Crippen MR) is 104 cm³/mol. The quantitative estimate of drug-likeness (QED) is 0.432. The molecule has 0 aliphatic rings. The van der Waals surface area contributed by atoms with Crippen molar-refractivity contribution in [2.45, 2.75) is 33.1 Å². The predicted octanol–water partition coefficient (Wildman–Crippen LogP) is 4.46. The lowest BCUT2D eigenvalue weighted by Crippen LogP contribution is -2.15. The highest BCUT2D eigenvalue weighted by molar-refractivity contribution is 6.07. The van der Waals surface area contributed by atoms with Crippen molar-refractivity contribution < 1.29 is 9.90 Å². The topological polar surface area (TPSA) is 85.2 Å². The largest absolute Gasteiger partial charge is 0.508 e. The SMILES string of the molecule is Cc1cc(O)ccc1NC(=O)/C(C#N)=C\Nc1ccc(C(C)(C)C)cc1. The molecule has 0 aliphatic carbocycles. The van der Waals surface area contributed by atoms with Crippen LogP contribution in [0.25, 0.3) is 0 Å². The molecule has 5 heteroatoms. The Hall–Kier alpha value is -3.26. The van der Waals surface area contributed by atoms with Crippen molar-refractivity contribution in [3.8, 4) is 11.8 Å². The van der Waals surface area contributed by atoms with Gasteiger partial charge in [0.2, 0.25) is 0 Å². The molecule has 0 aromatic heterocycles. The first-order valence-corrected chi connectivity index (χ1v) is 8.29. The Morgan fingerprint density at radius 1 is 1.15 bits per heavy atom. The molecule has 2 aromatic carbocycles. The number of aryl methyl sites for hydroxylation is 1. The molecule has 0 saturated carbocycles. The number of anilines is 2. The van der Waals surface area contributed by atoms with Gasteiger partial charge in [0.05, 0.1) is 0 Å². The zero-order valence-corrected chi connectivity index (χ0v) is 15.4. The molecule has 134 valence electrons. The molecule has 0 bridgehead atoms. The van der Waals surface area contributed by atoms with Gasteiger partial charge >= 0.3 is 0 Å². The molecule has 0 heterocycles. The van der Waals surface area contributed by atoms with Gasteiger partial charge in [-0.1, -0.05) is 32.9 Å². The van der Waals surface area contributed by atoms with Crippen LogP contribution in [0.4, 0.5) is 11.4 Å². The highest BCUT2D eigenvalue weighted by atomic mass is 16.3. The van der Waals surface area contributed by atoms with Crippen molar-refractivity contribution in [3.05, 3.63) is 65.4 Å². The number of phenols is 1. The molecule has 2 rings (SSSR count). The summed E-state index contributed by atoms with van der Waals surface area (Å²) < 4.78 is 0. The third-order valence-corrected chi connectivity index (χ3v) is 3.96. The summed E-state index contributed by atoms with van der Waals surface area (Å²) in [4.78, 5) is 12.3. The van der Waals surface area contributed by atoms with Crippen LogP contribution in [0.15, 0.2) is 54.2 Å². The number of carbonyl (C=O) groups is 1. The minimum Gasteiger partial charge on any atom is -0.508 e. The molecular weight excluding hydrogens is 326 g/mol. The smallest absolute Gasteiger partial charge is 0.267 e. The zero-order valence-electron chi connectivity index (χ0n) is 15.4. The van der Waals surface area contributed by atoms with Crippen molar-refractivity contribution in [3.63, 3.8) is 0 Å². The Labute approximate surface area is 154 Å². The minimum atomic E-state index is -0.514. The number of phenolic OH excluding ortho intramolecular Hbond substituents is 1. The van der Waals surface area contributed by atoms with E-state index in [-0.39, 0.29) is 16.7 Å². The molecule has 1 amide bonds. The van der Waals surface area contributed by atoms with Crippen LogP contribution >= 0.6 is 0 Å². The summed E-state index contributed by atoms with van der Waals surface area (Å²) in [5.41, 5.74) is 3.27. The third-order valence-electron chi connectivity index (χ3n) is 3.96. The van der Waals surface area contributed by atoms with Crippen molar-refractivity contribution in [2.75, 3.05) is 10.6 Å². The van der Waals surface area contributed by atoms with Gasteiger partial charge in [-0.05, 0) is 53.8 Å². The number of benzene rings is 2. The Balaban J connectivity index is 2.09. The van der Waals surface area contributed by atoms with Crippen LogP contribution in [-0.2, 0) is 10.2 Å². The summed E-state index contributed by atoms with van der Waals surface area (Å²) >= 11 is 0. The normalized spacial score (nSPS) is 11.6. The summed E-state index contributed by atoms with van der Waals surface area (Å²) in [6.07, 6.45) is 1.39. The fourth-order valence-electron chi connectivity index (χ4n) is 2.35. The zero-order chi connectivity index (χ0) is 19.3. The number of nitriles is 1. The average Bonchev–Trinajstić information content (AvgIpc) is 2.57. The Morgan fingerprint density at radius 2 is 1.81 bits per heavy atom. The Kier molecular flexibility index (Phi) is 5.68. The fraction of sp³-hybridized carbons (Fsp3) is 0.238. The number of nitrogens with zero attached hydrogens (tertiary/aromatic N) is 1. The van der Waals surface area contributed by atoms with Gasteiger partial charge < -0.3 is 15.7 Å². The standard InChI is InChI=1S/C21H23N3O2/c1-14-11-18(25)9-10-19(14)24-20(26)15(12-22)13-23-17-7-5-16(6-8-17)21(2,3)4/h5-11,13,23,25H,1-4H3,(H,24,26)/b15-13-. The minimum absolute atomic E-state index is 0.0441. The lowest BCUT2D eigenvalue weighted by Gasteiger charge is -2.19. The second kappa shape index (κ2) is 7.75. The van der Waals surface area contributed by atoms with Gasteiger partial charge in [-0.15, -0.1) is 0 Å². The van der Waals surface area contributed by atoms with E-state index in [1.165, 1.54) is 17.8 Å². The summed E-state index contributed by atoms with van der Waals surface area (Å²) in [6, 6.07) is 14.4. The van der Waals surface area contributed by atoms with Gasteiger partial charge in [-0.3, -0.25) is 4.79 Å². The molecule has 5 nitrogen and oxygen atoms in total. The van der Waals surface area contributed by atoms with Crippen molar-refractivity contribution in [2.24, 2.45) is 0 Å². The number of hydrogen-bond acceptors (Lipinski definition) is 4. The third kappa shape index (κ3) is 4.87. The monoisotopic (exact) mass is 349 g/mol. The first-order chi connectivity index (χ1) is 12.2. The maximum atomic E-state index is 12.3. The maximum Gasteiger partial charge on any atom is 0.267 e. The van der Waals surface area contributed by atoms with Crippen LogP contribution in [0.2, 0.25) is 0 Å². The number of hydrogen-bond donors (Lipinski definition) is 3. The van der Waals surface area contributed by atoms with Gasteiger partial charge in [-0.25, -0.2) is 0 Å². The average molecular weight is 349 g/mol. The van der Waals surface area contributed by atoms with Gasteiger partial charge in [0.25, 0.3) is 5.91 Å². The van der Waals surface area contributed by atoms with E-state index in [0.29, 0.717) is 11.3 Å². The van der Waals surface area contributed by atoms with Gasteiger partial charge in [0.1, 0.15) is 17.4 Å². The first-order valence-electron chi connectivity index (χ1n) is 8.29. The highest BCUT2D eigenvalue weighted by Crippen LogP contribution is 2.24. The number of nitrogens with one attached hydrogen (secondary N) is 2. The molecule has 3 N–H and O–H groups in total. The second-order valence-electron chi connectivity index (χ2n) is 7.09. The molecule has 0 spiro atoms. The molecule has 0 aliphatic heterocycles. The Bertz CT molecular complexity index is 870. The second-order valence-corrected chi connectivity index (χ2v) is 7.09. The molecule has 2 aromatic rings. The van der Waals surface area contributed by atoms with Crippen LogP contribution in [-0.4, -0.2) is 11.0 Å². The highest BCUT2D eigenvalue weighted by Gasteiger charge is 2.13. The number of carbonyl (C=O) groups excluding carboxylic acids is 1. The van der Waals surface area contributed by atoms with Gasteiger partial charge in [0, 0.05) is 17.6 Å². The molecule has 0 saturated heterocycles. The van der Waals surface area contributed by atoms with Crippen LogP contribution in [0, 0.1) is 18.3 Å². The summed E-state index contributed by atoms with van der Waals surface area (Å²) in [5.74, 6) is -0.392. The number of amides is 1. The van der Waals surface area contributed by atoms with Crippen LogP contribution in [0.3, 0.4) is 0 Å². The van der Waals surface area contributed by atoms with E-state index in [1.807, 2.05) is 30.3 Å². The van der Waals surface area contributed by atoms with Gasteiger partial charge in [-0.2, -0.15) is 5.26 Å². The fourth-order valence-corrected chi connectivity index (χ4v) is 2.35. The van der Waals surface area contributed by atoms with Gasteiger partial charge in [0.15, 0.2) is 0 Å². The molecular formula is C21H23N3O2. The molecule has 26 heavy (non-hydrogen) atoms.